The van der Waals surface area contributed by atoms with Gasteiger partial charge in [0.2, 0.25) is 0 Å². The number of benzene rings is 1. The molecule has 1 aliphatic rings. The van der Waals surface area contributed by atoms with Crippen LogP contribution >= 0.6 is 11.3 Å². The Kier molecular flexibility index (Phi) is 5.16. The van der Waals surface area contributed by atoms with E-state index in [9.17, 15) is 4.79 Å². The number of carbonyl (C=O) groups excluding carboxylic acids is 1. The van der Waals surface area contributed by atoms with E-state index in [1.807, 2.05) is 55.3 Å². The van der Waals surface area contributed by atoms with E-state index in [0.717, 1.165) is 16.5 Å². The highest BCUT2D eigenvalue weighted by atomic mass is 32.1. The summed E-state index contributed by atoms with van der Waals surface area (Å²) in [5.41, 5.74) is 1.60. The predicted octanol–water partition coefficient (Wildman–Crippen LogP) is 3.28. The molecule has 0 unspecified atom stereocenters. The monoisotopic (exact) mass is 346 g/mol. The lowest BCUT2D eigenvalue weighted by Gasteiger charge is -2.35. The molecular formula is C18H22N2O3S. The van der Waals surface area contributed by atoms with Crippen molar-refractivity contribution in [1.29, 1.82) is 0 Å². The van der Waals surface area contributed by atoms with E-state index in [1.54, 1.807) is 11.3 Å². The maximum absolute atomic E-state index is 12.6. The van der Waals surface area contributed by atoms with Crippen LogP contribution in [0.3, 0.4) is 0 Å². The lowest BCUT2D eigenvalue weighted by atomic mass is 10.1. The molecule has 1 fully saturated rings. The fourth-order valence-electron chi connectivity index (χ4n) is 2.85. The summed E-state index contributed by atoms with van der Waals surface area (Å²) in [6.45, 7) is 7.66. The molecule has 0 radical (unpaired) electrons. The summed E-state index contributed by atoms with van der Waals surface area (Å²) in [6.07, 6.45) is 0.142. The van der Waals surface area contributed by atoms with Crippen molar-refractivity contribution < 1.29 is 14.3 Å². The summed E-state index contributed by atoms with van der Waals surface area (Å²) in [7, 11) is 0. The molecule has 1 aromatic heterocycles. The first-order valence-electron chi connectivity index (χ1n) is 8.10. The molecule has 0 aliphatic carbocycles. The van der Waals surface area contributed by atoms with Crippen molar-refractivity contribution in [2.75, 3.05) is 13.1 Å². The number of carbonyl (C=O) groups is 1. The number of aromatic nitrogens is 1. The molecule has 0 bridgehead atoms. The maximum atomic E-state index is 12.6. The summed E-state index contributed by atoms with van der Waals surface area (Å²) in [6, 6.07) is 7.29. The maximum Gasteiger partial charge on any atom is 0.254 e. The third kappa shape index (κ3) is 4.13. The van der Waals surface area contributed by atoms with Crippen LogP contribution in [0.25, 0.3) is 0 Å². The van der Waals surface area contributed by atoms with Crippen molar-refractivity contribution in [2.45, 2.75) is 39.6 Å². The minimum absolute atomic E-state index is 0.0404. The average Bonchev–Trinajstić information content (AvgIpc) is 2.97. The summed E-state index contributed by atoms with van der Waals surface area (Å²) in [5, 5.41) is 3.03. The van der Waals surface area contributed by atoms with Gasteiger partial charge >= 0.3 is 0 Å². The van der Waals surface area contributed by atoms with Crippen LogP contribution in [0.4, 0.5) is 0 Å². The molecule has 3 rings (SSSR count). The van der Waals surface area contributed by atoms with Crippen LogP contribution in [0.2, 0.25) is 0 Å². The van der Waals surface area contributed by atoms with Gasteiger partial charge in [0.05, 0.1) is 22.9 Å². The standard InChI is InChI=1S/C18H22N2O3S/c1-12-8-20(9-13(2)23-12)18(21)15-4-6-17(7-5-15)22-10-16-11-24-14(3)19-16/h4-7,11-13H,8-10H2,1-3H3/t12-,13-/m1/s1. The Bertz CT molecular complexity index is 689. The highest BCUT2D eigenvalue weighted by Gasteiger charge is 2.26. The van der Waals surface area contributed by atoms with Gasteiger partial charge in [-0.1, -0.05) is 0 Å². The number of rotatable bonds is 4. The molecule has 1 amide bonds. The smallest absolute Gasteiger partial charge is 0.254 e. The van der Waals surface area contributed by atoms with Gasteiger partial charge in [-0.05, 0) is 45.0 Å². The van der Waals surface area contributed by atoms with E-state index in [1.165, 1.54) is 0 Å². The van der Waals surface area contributed by atoms with Gasteiger partial charge in [0, 0.05) is 24.0 Å². The third-order valence-electron chi connectivity index (χ3n) is 3.86. The van der Waals surface area contributed by atoms with Gasteiger partial charge in [-0.15, -0.1) is 11.3 Å². The van der Waals surface area contributed by atoms with E-state index >= 15 is 0 Å². The number of nitrogens with zero attached hydrogens (tertiary/aromatic N) is 2. The van der Waals surface area contributed by atoms with Gasteiger partial charge in [-0.3, -0.25) is 4.79 Å². The molecule has 1 aliphatic heterocycles. The molecular weight excluding hydrogens is 324 g/mol. The van der Waals surface area contributed by atoms with Crippen LogP contribution < -0.4 is 4.74 Å². The van der Waals surface area contributed by atoms with Crippen LogP contribution in [-0.4, -0.2) is 41.1 Å². The van der Waals surface area contributed by atoms with Gasteiger partial charge in [0.15, 0.2) is 0 Å². The van der Waals surface area contributed by atoms with Crippen LogP contribution in [0, 0.1) is 6.92 Å². The van der Waals surface area contributed by atoms with Crippen molar-refractivity contribution in [3.63, 3.8) is 0 Å². The Morgan fingerprint density at radius 3 is 2.54 bits per heavy atom. The Hall–Kier alpha value is -1.92. The van der Waals surface area contributed by atoms with E-state index in [0.29, 0.717) is 25.3 Å². The molecule has 5 nitrogen and oxygen atoms in total. The number of aryl methyl sites for hydroxylation is 1. The zero-order valence-corrected chi connectivity index (χ0v) is 15.0. The third-order valence-corrected chi connectivity index (χ3v) is 4.68. The Labute approximate surface area is 146 Å². The summed E-state index contributed by atoms with van der Waals surface area (Å²) in [4.78, 5) is 18.8. The topological polar surface area (TPSA) is 51.7 Å². The number of ether oxygens (including phenoxy) is 2. The largest absolute Gasteiger partial charge is 0.487 e. The van der Waals surface area contributed by atoms with Crippen LogP contribution in [0.1, 0.15) is 34.9 Å². The summed E-state index contributed by atoms with van der Waals surface area (Å²) < 4.78 is 11.4. The molecule has 2 heterocycles. The number of morpholine rings is 1. The molecule has 0 spiro atoms. The second kappa shape index (κ2) is 7.32. The number of hydrogen-bond acceptors (Lipinski definition) is 5. The van der Waals surface area contributed by atoms with Crippen LogP contribution in [0.15, 0.2) is 29.6 Å². The highest BCUT2D eigenvalue weighted by molar-refractivity contribution is 7.09. The minimum atomic E-state index is 0.0404. The number of hydrogen-bond donors (Lipinski definition) is 0. The van der Waals surface area contributed by atoms with E-state index < -0.39 is 0 Å². The van der Waals surface area contributed by atoms with Crippen molar-refractivity contribution in [2.24, 2.45) is 0 Å². The second-order valence-corrected chi connectivity index (χ2v) is 7.20. The zero-order chi connectivity index (χ0) is 17.1. The van der Waals surface area contributed by atoms with E-state index in [4.69, 9.17) is 9.47 Å². The molecule has 0 saturated carbocycles. The first-order valence-corrected chi connectivity index (χ1v) is 8.98. The second-order valence-electron chi connectivity index (χ2n) is 6.14. The number of thiazole rings is 1. The van der Waals surface area contributed by atoms with Crippen molar-refractivity contribution in [1.82, 2.24) is 9.88 Å². The minimum Gasteiger partial charge on any atom is -0.487 e. The molecule has 0 N–H and O–H groups in total. The lowest BCUT2D eigenvalue weighted by Crippen LogP contribution is -2.48. The van der Waals surface area contributed by atoms with Crippen molar-refractivity contribution >= 4 is 17.2 Å². The average molecular weight is 346 g/mol. The van der Waals surface area contributed by atoms with Crippen LogP contribution in [0.5, 0.6) is 5.75 Å². The SMILES string of the molecule is Cc1nc(COc2ccc(C(=O)N3C[C@@H](C)O[C@H](C)C3)cc2)cs1. The Morgan fingerprint density at radius 2 is 1.96 bits per heavy atom. The Balaban J connectivity index is 1.60. The van der Waals surface area contributed by atoms with E-state index in [2.05, 4.69) is 4.98 Å². The molecule has 24 heavy (non-hydrogen) atoms. The lowest BCUT2D eigenvalue weighted by molar-refractivity contribution is -0.0586. The molecule has 2 atom stereocenters. The quantitative estimate of drug-likeness (QED) is 0.852. The molecule has 1 saturated heterocycles. The van der Waals surface area contributed by atoms with E-state index in [-0.39, 0.29) is 18.1 Å². The zero-order valence-electron chi connectivity index (χ0n) is 14.2. The Morgan fingerprint density at radius 1 is 1.29 bits per heavy atom. The van der Waals surface area contributed by atoms with Crippen molar-refractivity contribution in [3.05, 3.63) is 45.9 Å². The highest BCUT2D eigenvalue weighted by Crippen LogP contribution is 2.18. The van der Waals surface area contributed by atoms with Gasteiger partial charge < -0.3 is 14.4 Å². The van der Waals surface area contributed by atoms with Gasteiger partial charge in [0.1, 0.15) is 12.4 Å². The summed E-state index contributed by atoms with van der Waals surface area (Å²) in [5.74, 6) is 0.777. The fraction of sp³-hybridized carbons (Fsp3) is 0.444. The van der Waals surface area contributed by atoms with Gasteiger partial charge in [-0.25, -0.2) is 4.98 Å². The fourth-order valence-corrected chi connectivity index (χ4v) is 3.45. The van der Waals surface area contributed by atoms with Gasteiger partial charge in [-0.2, -0.15) is 0 Å². The normalized spacial score (nSPS) is 20.9. The van der Waals surface area contributed by atoms with Crippen LogP contribution in [-0.2, 0) is 11.3 Å². The molecule has 6 heteroatoms. The summed E-state index contributed by atoms with van der Waals surface area (Å²) >= 11 is 1.61. The molecule has 1 aromatic carbocycles. The van der Waals surface area contributed by atoms with Gasteiger partial charge in [0.25, 0.3) is 5.91 Å². The van der Waals surface area contributed by atoms with Crippen molar-refractivity contribution in [3.8, 4) is 5.75 Å². The predicted molar refractivity (Wildman–Crippen MR) is 93.5 cm³/mol. The molecule has 2 aromatic rings. The first kappa shape index (κ1) is 16.9. The first-order chi connectivity index (χ1) is 11.5. The molecule has 128 valence electrons. The number of amides is 1.